The fraction of sp³-hybridized carbons (Fsp3) is 0.387. The number of thioether (sulfide) groups is 1. The first-order valence-electron chi connectivity index (χ1n) is 13.5. The van der Waals surface area contributed by atoms with E-state index in [1.54, 1.807) is 6.20 Å². The lowest BCUT2D eigenvalue weighted by Crippen LogP contribution is -2.56. The van der Waals surface area contributed by atoms with Crippen molar-refractivity contribution in [2.45, 2.75) is 57.9 Å². The molecule has 0 aromatic heterocycles. The van der Waals surface area contributed by atoms with E-state index in [0.717, 1.165) is 5.56 Å². The van der Waals surface area contributed by atoms with E-state index in [0.29, 0.717) is 29.3 Å². The van der Waals surface area contributed by atoms with Crippen LogP contribution in [0, 0.1) is 5.92 Å². The Bertz CT molecular complexity index is 1340. The van der Waals surface area contributed by atoms with Gasteiger partial charge in [0, 0.05) is 24.3 Å². The Kier molecular flexibility index (Phi) is 8.93. The third kappa shape index (κ3) is 6.70. The zero-order valence-electron chi connectivity index (χ0n) is 23.6. The van der Waals surface area contributed by atoms with E-state index in [9.17, 15) is 19.2 Å². The summed E-state index contributed by atoms with van der Waals surface area (Å²) in [6.45, 7) is 9.46. The summed E-state index contributed by atoms with van der Waals surface area (Å²) in [6.07, 6.45) is 1.95. The predicted octanol–water partition coefficient (Wildman–Crippen LogP) is 3.92. The first-order chi connectivity index (χ1) is 19.0. The molecule has 2 aliphatic rings. The van der Waals surface area contributed by atoms with E-state index in [1.807, 2.05) is 88.4 Å². The van der Waals surface area contributed by atoms with Gasteiger partial charge in [-0.15, -0.1) is 0 Å². The van der Waals surface area contributed by atoms with Crippen molar-refractivity contribution in [2.24, 2.45) is 10.9 Å². The Morgan fingerprint density at radius 2 is 1.68 bits per heavy atom. The van der Waals surface area contributed by atoms with Crippen molar-refractivity contribution in [2.75, 3.05) is 13.1 Å². The smallest absolute Gasteiger partial charge is 0.250 e. The molecule has 2 aliphatic heterocycles. The fourth-order valence-electron chi connectivity index (χ4n) is 4.88. The van der Waals surface area contributed by atoms with Crippen LogP contribution in [0.1, 0.15) is 45.7 Å². The van der Waals surface area contributed by atoms with Crippen LogP contribution in [-0.4, -0.2) is 68.3 Å². The number of benzene rings is 2. The number of ketones is 1. The van der Waals surface area contributed by atoms with Gasteiger partial charge in [-0.25, -0.2) is 0 Å². The molecule has 0 bridgehead atoms. The molecule has 0 saturated heterocycles. The van der Waals surface area contributed by atoms with Crippen LogP contribution in [0.2, 0.25) is 0 Å². The molecule has 1 N–H and O–H groups in total. The molecule has 0 saturated carbocycles. The SMILES string of the molecule is CC(=O)N1C=C(c2ccccc2)N(CC(=O)N[C@@H](Cc2ccccc2)C(=O)C2=NCC(C)(C)S2)C(=O)C1C(C)C. The molecule has 1 unspecified atom stereocenters. The highest BCUT2D eigenvalue weighted by Crippen LogP contribution is 2.33. The Morgan fingerprint density at radius 1 is 1.05 bits per heavy atom. The topological polar surface area (TPSA) is 99.2 Å². The van der Waals surface area contributed by atoms with Gasteiger partial charge in [-0.3, -0.25) is 29.1 Å². The van der Waals surface area contributed by atoms with Crippen LogP contribution >= 0.6 is 11.8 Å². The molecule has 40 heavy (non-hydrogen) atoms. The molecule has 0 fully saturated rings. The average Bonchev–Trinajstić information content (AvgIpc) is 3.29. The van der Waals surface area contributed by atoms with Crippen LogP contribution in [0.3, 0.4) is 0 Å². The number of carbonyl (C=O) groups is 4. The Balaban J connectivity index is 1.62. The molecule has 2 heterocycles. The molecule has 210 valence electrons. The molecular formula is C31H36N4O4S. The van der Waals surface area contributed by atoms with Crippen LogP contribution in [-0.2, 0) is 25.6 Å². The van der Waals surface area contributed by atoms with Crippen molar-refractivity contribution in [3.63, 3.8) is 0 Å². The maximum Gasteiger partial charge on any atom is 0.250 e. The molecule has 3 amide bonds. The number of amides is 3. The van der Waals surface area contributed by atoms with Gasteiger partial charge in [-0.2, -0.15) is 0 Å². The lowest BCUT2D eigenvalue weighted by Gasteiger charge is -2.40. The predicted molar refractivity (Wildman–Crippen MR) is 158 cm³/mol. The van der Waals surface area contributed by atoms with Crippen molar-refractivity contribution in [3.05, 3.63) is 78.0 Å². The Labute approximate surface area is 239 Å². The van der Waals surface area contributed by atoms with Gasteiger partial charge in [0.1, 0.15) is 17.6 Å². The summed E-state index contributed by atoms with van der Waals surface area (Å²) in [5.41, 5.74) is 2.06. The molecule has 2 aromatic rings. The Hall–Kier alpha value is -3.72. The zero-order chi connectivity index (χ0) is 29.0. The second kappa shape index (κ2) is 12.2. The van der Waals surface area contributed by atoms with Crippen LogP contribution in [0.4, 0.5) is 0 Å². The van der Waals surface area contributed by atoms with Gasteiger partial charge in [0.05, 0.1) is 18.3 Å². The van der Waals surface area contributed by atoms with Gasteiger partial charge in [0.25, 0.3) is 5.91 Å². The van der Waals surface area contributed by atoms with E-state index in [2.05, 4.69) is 10.3 Å². The van der Waals surface area contributed by atoms with Crippen LogP contribution in [0.25, 0.3) is 5.70 Å². The number of Topliss-reactive ketones (excluding diaryl/α,β-unsaturated/α-hetero) is 1. The minimum atomic E-state index is -0.839. The van der Waals surface area contributed by atoms with E-state index in [-0.39, 0.29) is 34.8 Å². The highest BCUT2D eigenvalue weighted by atomic mass is 32.2. The van der Waals surface area contributed by atoms with Crippen molar-refractivity contribution < 1.29 is 19.2 Å². The van der Waals surface area contributed by atoms with Gasteiger partial charge < -0.3 is 10.2 Å². The molecule has 4 rings (SSSR count). The maximum atomic E-state index is 13.8. The molecule has 2 aromatic carbocycles. The summed E-state index contributed by atoms with van der Waals surface area (Å²) in [5.74, 6) is -1.48. The molecule has 0 radical (unpaired) electrons. The first-order valence-corrected chi connectivity index (χ1v) is 14.3. The third-order valence-electron chi connectivity index (χ3n) is 6.86. The number of nitrogens with one attached hydrogen (secondary N) is 1. The van der Waals surface area contributed by atoms with Crippen molar-refractivity contribution >= 4 is 46.0 Å². The van der Waals surface area contributed by atoms with Gasteiger partial charge >= 0.3 is 0 Å². The second-order valence-electron chi connectivity index (χ2n) is 11.1. The largest absolute Gasteiger partial charge is 0.344 e. The number of aliphatic imine (C=N–C) groups is 1. The highest BCUT2D eigenvalue weighted by molar-refractivity contribution is 8.17. The van der Waals surface area contributed by atoms with Gasteiger partial charge in [0.15, 0.2) is 0 Å². The normalized spacial score (nSPS) is 19.2. The minimum Gasteiger partial charge on any atom is -0.344 e. The summed E-state index contributed by atoms with van der Waals surface area (Å²) in [6, 6.07) is 17.1. The van der Waals surface area contributed by atoms with E-state index < -0.39 is 18.0 Å². The number of nitrogens with zero attached hydrogens (tertiary/aromatic N) is 3. The summed E-state index contributed by atoms with van der Waals surface area (Å²) >= 11 is 1.42. The monoisotopic (exact) mass is 560 g/mol. The summed E-state index contributed by atoms with van der Waals surface area (Å²) in [7, 11) is 0. The molecule has 0 aliphatic carbocycles. The summed E-state index contributed by atoms with van der Waals surface area (Å²) in [4.78, 5) is 60.8. The second-order valence-corrected chi connectivity index (χ2v) is 12.8. The number of hydrogen-bond acceptors (Lipinski definition) is 6. The molecule has 8 nitrogen and oxygen atoms in total. The molecule has 9 heteroatoms. The van der Waals surface area contributed by atoms with Gasteiger partial charge in [-0.1, -0.05) is 86.3 Å². The van der Waals surface area contributed by atoms with Crippen molar-refractivity contribution in [3.8, 4) is 0 Å². The average molecular weight is 561 g/mol. The highest BCUT2D eigenvalue weighted by Gasteiger charge is 2.41. The van der Waals surface area contributed by atoms with Crippen molar-refractivity contribution in [1.82, 2.24) is 15.1 Å². The quantitative estimate of drug-likeness (QED) is 0.501. The van der Waals surface area contributed by atoms with E-state index >= 15 is 0 Å². The van der Waals surface area contributed by atoms with Crippen LogP contribution < -0.4 is 5.32 Å². The fourth-order valence-corrected chi connectivity index (χ4v) is 5.91. The van der Waals surface area contributed by atoms with Crippen molar-refractivity contribution in [1.29, 1.82) is 0 Å². The van der Waals surface area contributed by atoms with E-state index in [4.69, 9.17) is 0 Å². The minimum absolute atomic E-state index is 0.177. The standard InChI is InChI=1S/C31H36N4O4S/c1-20(2)27-30(39)35(25(17-34(27)21(3)36)23-14-10-7-11-15-23)18-26(37)33-24(16-22-12-8-6-9-13-22)28(38)29-32-19-31(4,5)40-29/h6-15,17,20,24,27H,16,18-19H2,1-5H3,(H,33,37)/t24-,27?/m0/s1. The molecule has 0 spiro atoms. The van der Waals surface area contributed by atoms with E-state index in [1.165, 1.54) is 28.5 Å². The number of carbonyl (C=O) groups excluding carboxylic acids is 4. The number of rotatable bonds is 9. The molecular weight excluding hydrogens is 524 g/mol. The van der Waals surface area contributed by atoms with Crippen LogP contribution in [0.15, 0.2) is 71.9 Å². The Morgan fingerprint density at radius 3 is 2.23 bits per heavy atom. The zero-order valence-corrected chi connectivity index (χ0v) is 24.4. The van der Waals surface area contributed by atoms with Gasteiger partial charge in [0.2, 0.25) is 17.6 Å². The molecule has 2 atom stereocenters. The maximum absolute atomic E-state index is 13.8. The number of hydrogen-bond donors (Lipinski definition) is 1. The third-order valence-corrected chi connectivity index (χ3v) is 8.06. The lowest BCUT2D eigenvalue weighted by molar-refractivity contribution is -0.144. The van der Waals surface area contributed by atoms with Gasteiger partial charge in [-0.05, 0) is 30.9 Å². The summed E-state index contributed by atoms with van der Waals surface area (Å²) < 4.78 is -0.184. The van der Waals surface area contributed by atoms with Crippen LogP contribution in [0.5, 0.6) is 0 Å². The summed E-state index contributed by atoms with van der Waals surface area (Å²) in [5, 5.41) is 3.31. The first kappa shape index (κ1) is 29.3. The lowest BCUT2D eigenvalue weighted by atomic mass is 9.97.